The molecule has 1 fully saturated rings. The molecule has 1 aliphatic rings. The first-order valence-corrected chi connectivity index (χ1v) is 9.75. The third-order valence-electron chi connectivity index (χ3n) is 4.62. The number of nitrogens with two attached hydrogens (primary N) is 1. The summed E-state index contributed by atoms with van der Waals surface area (Å²) in [5.41, 5.74) is 5.65. The molecule has 126 valence electrons. The molecular weight excluding hydrogens is 286 g/mol. The van der Waals surface area contributed by atoms with E-state index in [2.05, 4.69) is 11.6 Å². The Labute approximate surface area is 130 Å². The van der Waals surface area contributed by atoms with Gasteiger partial charge >= 0.3 is 0 Å². The first-order valence-electron chi connectivity index (χ1n) is 8.31. The number of hydrogen-bond donors (Lipinski definition) is 2. The summed E-state index contributed by atoms with van der Waals surface area (Å²) in [7, 11) is -3.47. The smallest absolute Gasteiger partial charge is 0.280 e. The summed E-state index contributed by atoms with van der Waals surface area (Å²) in [5.74, 6) is 0.717. The molecule has 0 atom stereocenters. The van der Waals surface area contributed by atoms with Gasteiger partial charge in [-0.05, 0) is 51.9 Å². The lowest BCUT2D eigenvalue weighted by atomic mass is 9.75. The van der Waals surface area contributed by atoms with Gasteiger partial charge in [-0.2, -0.15) is 17.4 Å². The summed E-state index contributed by atoms with van der Waals surface area (Å²) in [6.45, 7) is 8.87. The van der Waals surface area contributed by atoms with Crippen LogP contribution in [0.15, 0.2) is 0 Å². The predicted molar refractivity (Wildman–Crippen MR) is 88.2 cm³/mol. The zero-order chi connectivity index (χ0) is 16.1. The van der Waals surface area contributed by atoms with Crippen molar-refractivity contribution in [2.24, 2.45) is 11.7 Å². The molecule has 0 aromatic rings. The predicted octanol–water partition coefficient (Wildman–Crippen LogP) is 2.24. The molecule has 1 saturated carbocycles. The Bertz CT molecular complexity index is 401. The zero-order valence-corrected chi connectivity index (χ0v) is 14.9. The SMILES string of the molecule is CCCN(C1(CN)CCC(CC)CC1)S(=O)(=O)NC(C)C. The van der Waals surface area contributed by atoms with Gasteiger partial charge in [0.2, 0.25) is 0 Å². The van der Waals surface area contributed by atoms with Crippen molar-refractivity contribution in [3.63, 3.8) is 0 Å². The highest BCUT2D eigenvalue weighted by molar-refractivity contribution is 7.87. The summed E-state index contributed by atoms with van der Waals surface area (Å²) >= 11 is 0. The van der Waals surface area contributed by atoms with Crippen LogP contribution in [0.1, 0.15) is 66.2 Å². The van der Waals surface area contributed by atoms with Gasteiger partial charge in [-0.25, -0.2) is 0 Å². The first-order chi connectivity index (χ1) is 9.81. The van der Waals surface area contributed by atoms with Crippen molar-refractivity contribution in [1.82, 2.24) is 9.03 Å². The van der Waals surface area contributed by atoms with E-state index in [-0.39, 0.29) is 6.04 Å². The molecule has 5 nitrogen and oxygen atoms in total. The van der Waals surface area contributed by atoms with Crippen LogP contribution >= 0.6 is 0 Å². The average molecular weight is 320 g/mol. The van der Waals surface area contributed by atoms with Crippen molar-refractivity contribution in [3.05, 3.63) is 0 Å². The van der Waals surface area contributed by atoms with E-state index >= 15 is 0 Å². The van der Waals surface area contributed by atoms with Gasteiger partial charge in [0.15, 0.2) is 0 Å². The Morgan fingerprint density at radius 3 is 2.24 bits per heavy atom. The van der Waals surface area contributed by atoms with Crippen LogP contribution in [0.5, 0.6) is 0 Å². The minimum Gasteiger partial charge on any atom is -0.329 e. The lowest BCUT2D eigenvalue weighted by molar-refractivity contribution is 0.108. The topological polar surface area (TPSA) is 75.4 Å². The van der Waals surface area contributed by atoms with Crippen molar-refractivity contribution < 1.29 is 8.42 Å². The van der Waals surface area contributed by atoms with E-state index in [1.165, 1.54) is 6.42 Å². The van der Waals surface area contributed by atoms with E-state index < -0.39 is 15.7 Å². The zero-order valence-electron chi connectivity index (χ0n) is 14.1. The molecule has 0 radical (unpaired) electrons. The van der Waals surface area contributed by atoms with Crippen LogP contribution in [-0.4, -0.2) is 37.4 Å². The van der Waals surface area contributed by atoms with Gasteiger partial charge in [0, 0.05) is 24.7 Å². The maximum absolute atomic E-state index is 12.7. The van der Waals surface area contributed by atoms with Crippen molar-refractivity contribution in [2.45, 2.75) is 77.8 Å². The minimum absolute atomic E-state index is 0.101. The van der Waals surface area contributed by atoms with Gasteiger partial charge in [0.1, 0.15) is 0 Å². The van der Waals surface area contributed by atoms with Crippen LogP contribution in [0.4, 0.5) is 0 Å². The molecule has 0 amide bonds. The minimum atomic E-state index is -3.47. The van der Waals surface area contributed by atoms with E-state index in [0.29, 0.717) is 19.0 Å². The molecule has 1 aliphatic carbocycles. The third-order valence-corrected chi connectivity index (χ3v) is 6.54. The van der Waals surface area contributed by atoms with Gasteiger partial charge in [-0.15, -0.1) is 0 Å². The maximum atomic E-state index is 12.7. The molecule has 1 rings (SSSR count). The van der Waals surface area contributed by atoms with E-state index in [1.807, 2.05) is 20.8 Å². The number of hydrogen-bond acceptors (Lipinski definition) is 3. The van der Waals surface area contributed by atoms with E-state index in [4.69, 9.17) is 5.73 Å². The summed E-state index contributed by atoms with van der Waals surface area (Å²) in [6, 6.07) is -0.101. The van der Waals surface area contributed by atoms with Crippen molar-refractivity contribution >= 4 is 10.2 Å². The Kier molecular flexibility index (Phi) is 7.10. The summed E-state index contributed by atoms with van der Waals surface area (Å²) in [4.78, 5) is 0. The molecular formula is C15H33N3O2S. The number of nitrogens with one attached hydrogen (secondary N) is 1. The van der Waals surface area contributed by atoms with Crippen molar-refractivity contribution in [2.75, 3.05) is 13.1 Å². The molecule has 0 spiro atoms. The van der Waals surface area contributed by atoms with Gasteiger partial charge < -0.3 is 5.73 Å². The molecule has 0 heterocycles. The molecule has 0 saturated heterocycles. The van der Waals surface area contributed by atoms with Crippen LogP contribution < -0.4 is 10.5 Å². The monoisotopic (exact) mass is 319 g/mol. The summed E-state index contributed by atoms with van der Waals surface area (Å²) < 4.78 is 29.8. The summed E-state index contributed by atoms with van der Waals surface area (Å²) in [5, 5.41) is 0. The highest BCUT2D eigenvalue weighted by Gasteiger charge is 2.44. The standard InChI is InChI=1S/C15H33N3O2S/c1-5-11-18(21(19,20)17-13(3)4)15(12-16)9-7-14(6-2)8-10-15/h13-14,17H,5-12,16H2,1-4H3. The fourth-order valence-electron chi connectivity index (χ4n) is 3.36. The van der Waals surface area contributed by atoms with E-state index in [9.17, 15) is 8.42 Å². The highest BCUT2D eigenvalue weighted by atomic mass is 32.2. The largest absolute Gasteiger partial charge is 0.329 e. The van der Waals surface area contributed by atoms with Gasteiger partial charge in [-0.1, -0.05) is 20.3 Å². The second-order valence-electron chi connectivity index (χ2n) is 6.63. The Morgan fingerprint density at radius 1 is 1.29 bits per heavy atom. The molecule has 6 heteroatoms. The second-order valence-corrected chi connectivity index (χ2v) is 8.26. The molecule has 0 aromatic carbocycles. The number of rotatable bonds is 8. The molecule has 0 unspecified atom stereocenters. The van der Waals surface area contributed by atoms with Crippen LogP contribution in [0.2, 0.25) is 0 Å². The van der Waals surface area contributed by atoms with Crippen molar-refractivity contribution in [3.8, 4) is 0 Å². The van der Waals surface area contributed by atoms with Crippen LogP contribution in [-0.2, 0) is 10.2 Å². The number of nitrogens with zero attached hydrogens (tertiary/aromatic N) is 1. The Morgan fingerprint density at radius 2 is 1.86 bits per heavy atom. The third kappa shape index (κ3) is 4.65. The van der Waals surface area contributed by atoms with Gasteiger partial charge in [0.05, 0.1) is 0 Å². The Balaban J connectivity index is 3.01. The van der Waals surface area contributed by atoms with Gasteiger partial charge in [0.25, 0.3) is 10.2 Å². The van der Waals surface area contributed by atoms with Crippen LogP contribution in [0.3, 0.4) is 0 Å². The quantitative estimate of drug-likeness (QED) is 0.720. The molecule has 21 heavy (non-hydrogen) atoms. The highest BCUT2D eigenvalue weighted by Crippen LogP contribution is 2.38. The average Bonchev–Trinajstić information content (AvgIpc) is 2.43. The molecule has 3 N–H and O–H groups in total. The van der Waals surface area contributed by atoms with Crippen molar-refractivity contribution in [1.29, 1.82) is 0 Å². The molecule has 0 aromatic heterocycles. The van der Waals surface area contributed by atoms with Crippen LogP contribution in [0, 0.1) is 5.92 Å². The van der Waals surface area contributed by atoms with Gasteiger partial charge in [-0.3, -0.25) is 0 Å². The van der Waals surface area contributed by atoms with E-state index in [1.54, 1.807) is 4.31 Å². The fourth-order valence-corrected chi connectivity index (χ4v) is 5.27. The first kappa shape index (κ1) is 18.9. The van der Waals surface area contributed by atoms with Crippen LogP contribution in [0.25, 0.3) is 0 Å². The summed E-state index contributed by atoms with van der Waals surface area (Å²) in [6.07, 6.45) is 5.88. The lowest BCUT2D eigenvalue weighted by Gasteiger charge is -2.46. The Hall–Kier alpha value is -0.170. The fraction of sp³-hybridized carbons (Fsp3) is 1.00. The maximum Gasteiger partial charge on any atom is 0.280 e. The molecule has 0 bridgehead atoms. The normalized spacial score (nSPS) is 27.5. The second kappa shape index (κ2) is 7.90. The lowest BCUT2D eigenvalue weighted by Crippen LogP contribution is -2.61. The molecule has 0 aliphatic heterocycles. The van der Waals surface area contributed by atoms with E-state index in [0.717, 1.165) is 32.1 Å².